The van der Waals surface area contributed by atoms with Crippen molar-refractivity contribution in [2.75, 3.05) is 0 Å². The molecular formula is C22H20FN5O. The quantitative estimate of drug-likeness (QED) is 0.562. The molecule has 1 atom stereocenters. The second-order valence-corrected chi connectivity index (χ2v) is 7.28. The highest BCUT2D eigenvalue weighted by atomic mass is 19.1. The Morgan fingerprint density at radius 3 is 2.66 bits per heavy atom. The highest BCUT2D eigenvalue weighted by Crippen LogP contribution is 2.28. The first-order valence-electron chi connectivity index (χ1n) is 9.34. The Kier molecular flexibility index (Phi) is 4.65. The Hall–Kier alpha value is -3.50. The molecule has 0 saturated heterocycles. The molecule has 0 saturated carbocycles. The van der Waals surface area contributed by atoms with Gasteiger partial charge in [0.05, 0.1) is 24.0 Å². The summed E-state index contributed by atoms with van der Waals surface area (Å²) in [6.07, 6.45) is 4.19. The van der Waals surface area contributed by atoms with Crippen LogP contribution < -0.4 is 0 Å². The molecule has 0 amide bonds. The van der Waals surface area contributed by atoms with E-state index in [1.807, 2.05) is 35.7 Å². The molecule has 4 aromatic rings. The maximum Gasteiger partial charge on any atom is 0.123 e. The third kappa shape index (κ3) is 3.50. The van der Waals surface area contributed by atoms with Crippen LogP contribution in [0.1, 0.15) is 37.1 Å². The van der Waals surface area contributed by atoms with Crippen molar-refractivity contribution < 1.29 is 9.50 Å². The fourth-order valence-corrected chi connectivity index (χ4v) is 3.30. The molecule has 0 fully saturated rings. The van der Waals surface area contributed by atoms with E-state index in [2.05, 4.69) is 16.4 Å². The minimum absolute atomic E-state index is 0.315. The molecule has 0 aliphatic heterocycles. The third-order valence-electron chi connectivity index (χ3n) is 5.20. The highest BCUT2D eigenvalue weighted by Gasteiger charge is 2.24. The number of halogens is 1. The normalized spacial score (nSPS) is 13.3. The Morgan fingerprint density at radius 1 is 1.21 bits per heavy atom. The van der Waals surface area contributed by atoms with Gasteiger partial charge in [0, 0.05) is 17.3 Å². The standard InChI is InChI=1S/C22H20FN5O/c1-3-22(2,29)20-14-27(26-25-20)13-15-8-9-28-19(10-15)11-17(12-24)21(28)16-4-6-18(23)7-5-16/h4-11,14,29H,3,13H2,1-2H3. The van der Waals surface area contributed by atoms with Crippen LogP contribution in [0.5, 0.6) is 0 Å². The van der Waals surface area contributed by atoms with Gasteiger partial charge in [0.15, 0.2) is 0 Å². The number of pyridine rings is 1. The zero-order chi connectivity index (χ0) is 20.6. The van der Waals surface area contributed by atoms with Crippen LogP contribution in [0.15, 0.2) is 54.9 Å². The molecule has 4 rings (SSSR count). The van der Waals surface area contributed by atoms with Crippen LogP contribution >= 0.6 is 0 Å². The van der Waals surface area contributed by atoms with E-state index in [0.29, 0.717) is 24.2 Å². The SMILES string of the molecule is CCC(C)(O)c1cn(Cc2ccn3c(-c4ccc(F)cc4)c(C#N)cc3c2)nn1. The highest BCUT2D eigenvalue weighted by molar-refractivity contribution is 5.75. The number of benzene rings is 1. The van der Waals surface area contributed by atoms with E-state index in [1.165, 1.54) is 12.1 Å². The average Bonchev–Trinajstić information content (AvgIpc) is 3.33. The van der Waals surface area contributed by atoms with Gasteiger partial charge in [-0.05, 0) is 61.4 Å². The lowest BCUT2D eigenvalue weighted by atomic mass is 10.0. The van der Waals surface area contributed by atoms with Crippen molar-refractivity contribution in [2.45, 2.75) is 32.4 Å². The van der Waals surface area contributed by atoms with Crippen molar-refractivity contribution in [1.29, 1.82) is 5.26 Å². The summed E-state index contributed by atoms with van der Waals surface area (Å²) in [5.41, 5.74) is 3.41. The first-order chi connectivity index (χ1) is 13.9. The largest absolute Gasteiger partial charge is 0.384 e. The molecule has 146 valence electrons. The van der Waals surface area contributed by atoms with Gasteiger partial charge in [-0.15, -0.1) is 5.10 Å². The predicted octanol–water partition coefficient (Wildman–Crippen LogP) is 3.87. The molecule has 0 bridgehead atoms. The van der Waals surface area contributed by atoms with E-state index < -0.39 is 5.60 Å². The summed E-state index contributed by atoms with van der Waals surface area (Å²) in [4.78, 5) is 0. The van der Waals surface area contributed by atoms with Crippen molar-refractivity contribution in [2.24, 2.45) is 0 Å². The van der Waals surface area contributed by atoms with E-state index in [9.17, 15) is 14.8 Å². The molecule has 0 radical (unpaired) electrons. The lowest BCUT2D eigenvalue weighted by Gasteiger charge is -2.16. The first kappa shape index (κ1) is 18.8. The molecule has 0 aliphatic carbocycles. The van der Waals surface area contributed by atoms with Crippen molar-refractivity contribution in [3.63, 3.8) is 0 Å². The minimum atomic E-state index is -1.00. The number of nitriles is 1. The lowest BCUT2D eigenvalue weighted by Crippen LogP contribution is -2.20. The number of rotatable bonds is 5. The Balaban J connectivity index is 1.69. The van der Waals surface area contributed by atoms with Crippen LogP contribution in [0.2, 0.25) is 0 Å². The van der Waals surface area contributed by atoms with E-state index in [0.717, 1.165) is 22.3 Å². The Labute approximate surface area is 167 Å². The van der Waals surface area contributed by atoms with Crippen molar-refractivity contribution in [1.82, 2.24) is 19.4 Å². The molecule has 7 heteroatoms. The van der Waals surface area contributed by atoms with Gasteiger partial charge in [-0.3, -0.25) is 0 Å². The second-order valence-electron chi connectivity index (χ2n) is 7.28. The summed E-state index contributed by atoms with van der Waals surface area (Å²) in [6.45, 7) is 4.10. The number of hydrogen-bond donors (Lipinski definition) is 1. The summed E-state index contributed by atoms with van der Waals surface area (Å²) >= 11 is 0. The Morgan fingerprint density at radius 2 is 1.97 bits per heavy atom. The molecule has 1 unspecified atom stereocenters. The number of nitrogens with zero attached hydrogens (tertiary/aromatic N) is 5. The fraction of sp³-hybridized carbons (Fsp3) is 0.227. The van der Waals surface area contributed by atoms with Crippen molar-refractivity contribution in [3.05, 3.63) is 77.5 Å². The minimum Gasteiger partial charge on any atom is -0.384 e. The van der Waals surface area contributed by atoms with Gasteiger partial charge in [0.2, 0.25) is 0 Å². The number of fused-ring (bicyclic) bond motifs is 1. The third-order valence-corrected chi connectivity index (χ3v) is 5.20. The van der Waals surface area contributed by atoms with E-state index in [1.54, 1.807) is 29.9 Å². The topological polar surface area (TPSA) is 79.1 Å². The molecule has 3 aromatic heterocycles. The lowest BCUT2D eigenvalue weighted by molar-refractivity contribution is 0.0484. The maximum absolute atomic E-state index is 13.3. The predicted molar refractivity (Wildman–Crippen MR) is 106 cm³/mol. The molecule has 0 aliphatic rings. The number of aliphatic hydroxyl groups is 1. The van der Waals surface area contributed by atoms with Gasteiger partial charge in [0.25, 0.3) is 0 Å². The van der Waals surface area contributed by atoms with Crippen LogP contribution in [-0.4, -0.2) is 24.5 Å². The van der Waals surface area contributed by atoms with Crippen molar-refractivity contribution in [3.8, 4) is 17.3 Å². The average molecular weight is 389 g/mol. The molecule has 0 spiro atoms. The van der Waals surface area contributed by atoms with Crippen LogP contribution in [0.4, 0.5) is 4.39 Å². The van der Waals surface area contributed by atoms with Crippen LogP contribution in [0.3, 0.4) is 0 Å². The molecule has 29 heavy (non-hydrogen) atoms. The van der Waals surface area contributed by atoms with Gasteiger partial charge in [-0.1, -0.05) is 12.1 Å². The van der Waals surface area contributed by atoms with Gasteiger partial charge in [-0.2, -0.15) is 5.26 Å². The second kappa shape index (κ2) is 7.15. The molecular weight excluding hydrogens is 369 g/mol. The van der Waals surface area contributed by atoms with E-state index in [-0.39, 0.29) is 5.82 Å². The van der Waals surface area contributed by atoms with Crippen LogP contribution in [-0.2, 0) is 12.1 Å². The fourth-order valence-electron chi connectivity index (χ4n) is 3.30. The molecule has 6 nitrogen and oxygen atoms in total. The van der Waals surface area contributed by atoms with Gasteiger partial charge >= 0.3 is 0 Å². The van der Waals surface area contributed by atoms with Crippen LogP contribution in [0, 0.1) is 17.1 Å². The van der Waals surface area contributed by atoms with Crippen molar-refractivity contribution >= 4 is 5.52 Å². The summed E-state index contributed by atoms with van der Waals surface area (Å²) in [5, 5.41) is 28.1. The summed E-state index contributed by atoms with van der Waals surface area (Å²) in [5.74, 6) is -0.315. The summed E-state index contributed by atoms with van der Waals surface area (Å²) < 4.78 is 16.9. The Bertz CT molecular complexity index is 1210. The van der Waals surface area contributed by atoms with Crippen LogP contribution in [0.25, 0.3) is 16.8 Å². The molecule has 1 aromatic carbocycles. The van der Waals surface area contributed by atoms with E-state index >= 15 is 0 Å². The smallest absolute Gasteiger partial charge is 0.123 e. The summed E-state index contributed by atoms with van der Waals surface area (Å²) in [7, 11) is 0. The molecule has 1 N–H and O–H groups in total. The zero-order valence-corrected chi connectivity index (χ0v) is 16.2. The summed E-state index contributed by atoms with van der Waals surface area (Å²) in [6, 6.07) is 14.1. The molecule has 3 heterocycles. The number of hydrogen-bond acceptors (Lipinski definition) is 4. The number of aromatic nitrogens is 4. The zero-order valence-electron chi connectivity index (χ0n) is 16.2. The van der Waals surface area contributed by atoms with Gasteiger partial charge in [0.1, 0.15) is 23.2 Å². The van der Waals surface area contributed by atoms with Gasteiger partial charge < -0.3 is 9.51 Å². The van der Waals surface area contributed by atoms with E-state index in [4.69, 9.17) is 0 Å². The van der Waals surface area contributed by atoms with Gasteiger partial charge in [-0.25, -0.2) is 9.07 Å². The maximum atomic E-state index is 13.3. The first-order valence-corrected chi connectivity index (χ1v) is 9.34. The monoisotopic (exact) mass is 389 g/mol.